The van der Waals surface area contributed by atoms with Crippen LogP contribution in [-0.4, -0.2) is 16.8 Å². The van der Waals surface area contributed by atoms with Gasteiger partial charge in [0, 0.05) is 28.5 Å². The molecule has 0 spiro atoms. The van der Waals surface area contributed by atoms with Crippen molar-refractivity contribution in [3.63, 3.8) is 0 Å². The number of rotatable bonds is 6. The number of nitrogens with one attached hydrogen (secondary N) is 1. The van der Waals surface area contributed by atoms with Crippen LogP contribution in [-0.2, 0) is 6.42 Å². The van der Waals surface area contributed by atoms with E-state index in [1.54, 1.807) is 11.3 Å². The minimum atomic E-state index is 0.243. The molecular weight excluding hydrogens is 274 g/mol. The number of aryl methyl sites for hydroxylation is 2. The van der Waals surface area contributed by atoms with E-state index in [1.807, 2.05) is 18.7 Å². The monoisotopic (exact) mass is 293 g/mol. The van der Waals surface area contributed by atoms with E-state index in [0.29, 0.717) is 0 Å². The Morgan fingerprint density at radius 1 is 1.42 bits per heavy atom. The number of hydrogen-bond acceptors (Lipinski definition) is 5. The first-order valence-corrected chi connectivity index (χ1v) is 8.10. The molecule has 0 bridgehead atoms. The number of hydrazine groups is 1. The van der Waals surface area contributed by atoms with Crippen molar-refractivity contribution >= 4 is 23.1 Å². The Morgan fingerprint density at radius 3 is 2.89 bits per heavy atom. The smallest absolute Gasteiger partial charge is 0.0897 e. The number of nitrogens with two attached hydrogens (primary N) is 1. The zero-order valence-electron chi connectivity index (χ0n) is 11.2. The summed E-state index contributed by atoms with van der Waals surface area (Å²) in [7, 11) is 0. The first-order valence-electron chi connectivity index (χ1n) is 6.24. The Kier molecular flexibility index (Phi) is 5.39. The van der Waals surface area contributed by atoms with Gasteiger partial charge in [0.1, 0.15) is 0 Å². The number of hydrogen-bond donors (Lipinski definition) is 2. The molecule has 1 aromatic heterocycles. The van der Waals surface area contributed by atoms with Crippen molar-refractivity contribution in [2.24, 2.45) is 5.84 Å². The molecule has 1 atom stereocenters. The molecule has 5 heteroatoms. The van der Waals surface area contributed by atoms with E-state index in [4.69, 9.17) is 5.84 Å². The van der Waals surface area contributed by atoms with Crippen molar-refractivity contribution in [1.29, 1.82) is 0 Å². The zero-order chi connectivity index (χ0) is 13.7. The Bertz CT molecular complexity index is 525. The molecule has 19 heavy (non-hydrogen) atoms. The summed E-state index contributed by atoms with van der Waals surface area (Å²) < 4.78 is 0. The predicted octanol–water partition coefficient (Wildman–Crippen LogP) is 2.93. The summed E-state index contributed by atoms with van der Waals surface area (Å²) in [5.74, 6) is 6.57. The Balaban J connectivity index is 1.89. The van der Waals surface area contributed by atoms with Crippen LogP contribution in [0.3, 0.4) is 0 Å². The maximum absolute atomic E-state index is 5.63. The highest BCUT2D eigenvalue weighted by atomic mass is 32.2. The summed E-state index contributed by atoms with van der Waals surface area (Å²) in [6, 6.07) is 8.78. The lowest BCUT2D eigenvalue weighted by molar-refractivity contribution is 0.570. The number of thiazole rings is 1. The highest BCUT2D eigenvalue weighted by Gasteiger charge is 2.10. The van der Waals surface area contributed by atoms with E-state index < -0.39 is 0 Å². The van der Waals surface area contributed by atoms with Crippen molar-refractivity contribution in [2.75, 3.05) is 5.75 Å². The summed E-state index contributed by atoms with van der Waals surface area (Å²) >= 11 is 3.51. The SMILES string of the molecule is Cc1cccc(SCC(Cc2csc(C)n2)NN)c1. The Hall–Kier alpha value is -0.880. The number of aromatic nitrogens is 1. The molecule has 2 rings (SSSR count). The van der Waals surface area contributed by atoms with Gasteiger partial charge in [-0.3, -0.25) is 11.3 Å². The minimum Gasteiger partial charge on any atom is -0.271 e. The highest BCUT2D eigenvalue weighted by Crippen LogP contribution is 2.21. The van der Waals surface area contributed by atoms with Gasteiger partial charge in [-0.05, 0) is 26.0 Å². The topological polar surface area (TPSA) is 50.9 Å². The maximum atomic E-state index is 5.63. The highest BCUT2D eigenvalue weighted by molar-refractivity contribution is 7.99. The minimum absolute atomic E-state index is 0.243. The molecule has 1 aromatic carbocycles. The van der Waals surface area contributed by atoms with E-state index in [9.17, 15) is 0 Å². The summed E-state index contributed by atoms with van der Waals surface area (Å²) in [5.41, 5.74) is 5.30. The molecule has 0 radical (unpaired) electrons. The Labute approximate surface area is 122 Å². The van der Waals surface area contributed by atoms with Gasteiger partial charge in [-0.2, -0.15) is 0 Å². The number of benzene rings is 1. The van der Waals surface area contributed by atoms with Crippen molar-refractivity contribution in [2.45, 2.75) is 31.2 Å². The second-order valence-electron chi connectivity index (χ2n) is 4.55. The molecule has 1 heterocycles. The van der Waals surface area contributed by atoms with Crippen LogP contribution in [0.25, 0.3) is 0 Å². The molecular formula is C14H19N3S2. The maximum Gasteiger partial charge on any atom is 0.0897 e. The van der Waals surface area contributed by atoms with E-state index >= 15 is 0 Å². The number of thioether (sulfide) groups is 1. The van der Waals surface area contributed by atoms with Crippen molar-refractivity contribution in [1.82, 2.24) is 10.4 Å². The third kappa shape index (κ3) is 4.62. The predicted molar refractivity (Wildman–Crippen MR) is 83.6 cm³/mol. The van der Waals surface area contributed by atoms with Crippen LogP contribution >= 0.6 is 23.1 Å². The van der Waals surface area contributed by atoms with Gasteiger partial charge >= 0.3 is 0 Å². The van der Waals surface area contributed by atoms with Gasteiger partial charge in [-0.15, -0.1) is 23.1 Å². The zero-order valence-corrected chi connectivity index (χ0v) is 12.9. The van der Waals surface area contributed by atoms with Crippen LogP contribution in [0.4, 0.5) is 0 Å². The van der Waals surface area contributed by atoms with Crippen molar-refractivity contribution in [3.05, 3.63) is 45.9 Å². The lowest BCUT2D eigenvalue weighted by Crippen LogP contribution is -2.38. The average molecular weight is 293 g/mol. The quantitative estimate of drug-likeness (QED) is 0.488. The molecule has 3 nitrogen and oxygen atoms in total. The van der Waals surface area contributed by atoms with Crippen molar-refractivity contribution in [3.8, 4) is 0 Å². The summed E-state index contributed by atoms with van der Waals surface area (Å²) in [5, 5.41) is 3.22. The van der Waals surface area contributed by atoms with Gasteiger partial charge in [0.15, 0.2) is 0 Å². The van der Waals surface area contributed by atoms with Gasteiger partial charge in [-0.25, -0.2) is 4.98 Å². The molecule has 0 aliphatic heterocycles. The molecule has 0 fully saturated rings. The standard InChI is InChI=1S/C14H19N3S2/c1-10-4-3-5-14(6-10)19-9-13(17-15)7-12-8-18-11(2)16-12/h3-6,8,13,17H,7,9,15H2,1-2H3. The van der Waals surface area contributed by atoms with Gasteiger partial charge in [0.2, 0.25) is 0 Å². The van der Waals surface area contributed by atoms with Crippen LogP contribution < -0.4 is 11.3 Å². The molecule has 2 aromatic rings. The largest absolute Gasteiger partial charge is 0.271 e. The van der Waals surface area contributed by atoms with E-state index in [0.717, 1.165) is 22.9 Å². The van der Waals surface area contributed by atoms with E-state index in [-0.39, 0.29) is 6.04 Å². The summed E-state index contributed by atoms with van der Waals surface area (Å²) in [6.45, 7) is 4.14. The van der Waals surface area contributed by atoms with E-state index in [2.05, 4.69) is 47.0 Å². The first kappa shape index (κ1) is 14.5. The number of nitrogens with zero attached hydrogens (tertiary/aromatic N) is 1. The lowest BCUT2D eigenvalue weighted by Gasteiger charge is -2.14. The third-order valence-corrected chi connectivity index (χ3v) is 4.78. The van der Waals surface area contributed by atoms with Crippen LogP contribution in [0.2, 0.25) is 0 Å². The third-order valence-electron chi connectivity index (χ3n) is 2.80. The van der Waals surface area contributed by atoms with Crippen LogP contribution in [0.5, 0.6) is 0 Å². The molecule has 0 saturated carbocycles. The lowest BCUT2D eigenvalue weighted by atomic mass is 10.2. The normalized spacial score (nSPS) is 12.6. The van der Waals surface area contributed by atoms with Crippen LogP contribution in [0.1, 0.15) is 16.3 Å². The second-order valence-corrected chi connectivity index (χ2v) is 6.71. The van der Waals surface area contributed by atoms with Gasteiger partial charge in [0.25, 0.3) is 0 Å². The summed E-state index contributed by atoms with van der Waals surface area (Å²) in [6.07, 6.45) is 0.875. The second kappa shape index (κ2) is 7.05. The molecule has 102 valence electrons. The summed E-state index contributed by atoms with van der Waals surface area (Å²) in [4.78, 5) is 5.77. The van der Waals surface area contributed by atoms with Gasteiger partial charge in [-0.1, -0.05) is 17.7 Å². The molecule has 1 unspecified atom stereocenters. The molecule has 0 aliphatic rings. The fourth-order valence-corrected chi connectivity index (χ4v) is 3.50. The Morgan fingerprint density at radius 2 is 2.26 bits per heavy atom. The average Bonchev–Trinajstić information content (AvgIpc) is 2.80. The molecule has 0 saturated heterocycles. The fraction of sp³-hybridized carbons (Fsp3) is 0.357. The van der Waals surface area contributed by atoms with Gasteiger partial charge < -0.3 is 0 Å². The van der Waals surface area contributed by atoms with Crippen molar-refractivity contribution < 1.29 is 0 Å². The van der Waals surface area contributed by atoms with Crippen LogP contribution in [0, 0.1) is 13.8 Å². The molecule has 0 aliphatic carbocycles. The fourth-order valence-electron chi connectivity index (χ4n) is 1.82. The molecule has 0 amide bonds. The van der Waals surface area contributed by atoms with E-state index in [1.165, 1.54) is 10.5 Å². The van der Waals surface area contributed by atoms with Crippen LogP contribution in [0.15, 0.2) is 34.5 Å². The van der Waals surface area contributed by atoms with Gasteiger partial charge in [0.05, 0.1) is 10.7 Å². The molecule has 3 N–H and O–H groups in total. The first-order chi connectivity index (χ1) is 9.17.